The Morgan fingerprint density at radius 3 is 2.44 bits per heavy atom. The number of aliphatic hydroxyl groups excluding tert-OH is 1. The lowest BCUT2D eigenvalue weighted by molar-refractivity contribution is 0.176. The molecule has 0 aliphatic carbocycles. The molecule has 2 atom stereocenters. The minimum Gasteiger partial charge on any atom is -0.387 e. The summed E-state index contributed by atoms with van der Waals surface area (Å²) in [6.45, 7) is 0.879. The Labute approximate surface area is 209 Å². The van der Waals surface area contributed by atoms with Gasteiger partial charge in [-0.1, -0.05) is 66.7 Å². The first kappa shape index (κ1) is 22.2. The Balaban J connectivity index is 1.44. The fourth-order valence-corrected chi connectivity index (χ4v) is 5.08. The standard InChI is InChI=1S/C30H26N4O2/c35-28(25-11-10-21-6-4-5-9-24(21)18-25)20-34-27(23-7-2-1-3-8-23)14-17-33-29(36)19-26(32-30(33)34)22-12-15-31-16-13-22/h1-13,15-16,18-19,27-28,35H,14,17,20H2. The first-order valence-corrected chi connectivity index (χ1v) is 12.2. The largest absolute Gasteiger partial charge is 0.387 e. The molecule has 1 aliphatic heterocycles. The lowest BCUT2D eigenvalue weighted by Crippen LogP contribution is -2.42. The van der Waals surface area contributed by atoms with Crippen LogP contribution in [0.15, 0.2) is 108 Å². The van der Waals surface area contributed by atoms with Gasteiger partial charge in [-0.25, -0.2) is 4.98 Å². The van der Waals surface area contributed by atoms with E-state index in [2.05, 4.69) is 34.1 Å². The molecular weight excluding hydrogens is 448 g/mol. The third kappa shape index (κ3) is 4.16. The Bertz CT molecular complexity index is 1570. The van der Waals surface area contributed by atoms with E-state index in [-0.39, 0.29) is 11.6 Å². The maximum Gasteiger partial charge on any atom is 0.255 e. The molecule has 3 aromatic carbocycles. The number of benzene rings is 3. The fraction of sp³-hybridized carbons (Fsp3) is 0.167. The van der Waals surface area contributed by atoms with Gasteiger partial charge in [0.1, 0.15) is 0 Å². The molecule has 0 fully saturated rings. The van der Waals surface area contributed by atoms with Crippen LogP contribution in [0.2, 0.25) is 0 Å². The van der Waals surface area contributed by atoms with E-state index in [9.17, 15) is 9.90 Å². The number of hydrogen-bond donors (Lipinski definition) is 1. The van der Waals surface area contributed by atoms with Crippen molar-refractivity contribution in [2.75, 3.05) is 11.4 Å². The summed E-state index contributed by atoms with van der Waals surface area (Å²) >= 11 is 0. The van der Waals surface area contributed by atoms with Crippen LogP contribution < -0.4 is 10.5 Å². The summed E-state index contributed by atoms with van der Waals surface area (Å²) in [6.07, 6.45) is 3.39. The zero-order valence-corrected chi connectivity index (χ0v) is 19.7. The highest BCUT2D eigenvalue weighted by Crippen LogP contribution is 2.36. The van der Waals surface area contributed by atoms with Crippen LogP contribution in [0.1, 0.15) is 29.7 Å². The fourth-order valence-electron chi connectivity index (χ4n) is 5.08. The monoisotopic (exact) mass is 474 g/mol. The molecule has 3 heterocycles. The van der Waals surface area contributed by atoms with E-state index in [1.807, 2.05) is 60.7 Å². The Morgan fingerprint density at radius 2 is 1.64 bits per heavy atom. The molecule has 0 saturated carbocycles. The molecule has 2 unspecified atom stereocenters. The second-order valence-corrected chi connectivity index (χ2v) is 9.16. The van der Waals surface area contributed by atoms with Crippen molar-refractivity contribution >= 4 is 16.7 Å². The van der Waals surface area contributed by atoms with Crippen LogP contribution in [0.3, 0.4) is 0 Å². The van der Waals surface area contributed by atoms with Crippen molar-refractivity contribution in [1.29, 1.82) is 0 Å². The van der Waals surface area contributed by atoms with Crippen LogP contribution in [0.5, 0.6) is 0 Å². The van der Waals surface area contributed by atoms with Gasteiger partial charge >= 0.3 is 0 Å². The van der Waals surface area contributed by atoms with Crippen molar-refractivity contribution < 1.29 is 5.11 Å². The average Bonchev–Trinajstić information content (AvgIpc) is 2.94. The van der Waals surface area contributed by atoms with Crippen LogP contribution in [-0.4, -0.2) is 26.2 Å². The molecule has 0 radical (unpaired) electrons. The number of aromatic nitrogens is 3. The molecule has 6 nitrogen and oxygen atoms in total. The summed E-state index contributed by atoms with van der Waals surface area (Å²) in [5, 5.41) is 13.6. The smallest absolute Gasteiger partial charge is 0.255 e. The Kier molecular flexibility index (Phi) is 5.79. The van der Waals surface area contributed by atoms with E-state index in [1.54, 1.807) is 23.0 Å². The van der Waals surface area contributed by atoms with Gasteiger partial charge in [0.25, 0.3) is 5.56 Å². The summed E-state index contributed by atoms with van der Waals surface area (Å²) < 4.78 is 1.72. The molecule has 1 N–H and O–H groups in total. The van der Waals surface area contributed by atoms with Gasteiger partial charge < -0.3 is 10.0 Å². The zero-order chi connectivity index (χ0) is 24.5. The van der Waals surface area contributed by atoms with Crippen LogP contribution >= 0.6 is 0 Å². The van der Waals surface area contributed by atoms with E-state index >= 15 is 0 Å². The second kappa shape index (κ2) is 9.40. The van der Waals surface area contributed by atoms with Crippen LogP contribution in [-0.2, 0) is 6.54 Å². The molecule has 178 valence electrons. The van der Waals surface area contributed by atoms with Gasteiger partial charge in [0.15, 0.2) is 0 Å². The summed E-state index contributed by atoms with van der Waals surface area (Å²) in [6, 6.07) is 29.7. The summed E-state index contributed by atoms with van der Waals surface area (Å²) in [5.41, 5.74) is 3.32. The van der Waals surface area contributed by atoms with E-state index in [1.165, 1.54) is 0 Å². The topological polar surface area (TPSA) is 71.2 Å². The number of aliphatic hydroxyl groups is 1. The highest BCUT2D eigenvalue weighted by molar-refractivity contribution is 5.83. The van der Waals surface area contributed by atoms with Crippen molar-refractivity contribution in [3.05, 3.63) is 125 Å². The average molecular weight is 475 g/mol. The van der Waals surface area contributed by atoms with Gasteiger partial charge in [-0.2, -0.15) is 0 Å². The van der Waals surface area contributed by atoms with Gasteiger partial charge in [0, 0.05) is 30.6 Å². The van der Waals surface area contributed by atoms with Crippen LogP contribution in [0.25, 0.3) is 22.0 Å². The van der Waals surface area contributed by atoms with E-state index in [4.69, 9.17) is 4.98 Å². The first-order chi connectivity index (χ1) is 17.7. The molecular formula is C30H26N4O2. The molecule has 6 heteroatoms. The van der Waals surface area contributed by atoms with Gasteiger partial charge in [-0.3, -0.25) is 14.3 Å². The molecule has 0 spiro atoms. The lowest BCUT2D eigenvalue weighted by atomic mass is 9.98. The van der Waals surface area contributed by atoms with Gasteiger partial charge in [0.2, 0.25) is 5.95 Å². The molecule has 2 aromatic heterocycles. The summed E-state index contributed by atoms with van der Waals surface area (Å²) in [5.74, 6) is 0.578. The van der Waals surface area contributed by atoms with E-state index in [0.717, 1.165) is 33.9 Å². The van der Waals surface area contributed by atoms with Gasteiger partial charge in [-0.15, -0.1) is 0 Å². The highest BCUT2D eigenvalue weighted by Gasteiger charge is 2.31. The minimum absolute atomic E-state index is 0.0131. The van der Waals surface area contributed by atoms with Crippen LogP contribution in [0.4, 0.5) is 5.95 Å². The van der Waals surface area contributed by atoms with E-state index in [0.29, 0.717) is 24.7 Å². The van der Waals surface area contributed by atoms with Crippen LogP contribution in [0, 0.1) is 0 Å². The number of pyridine rings is 1. The maximum absolute atomic E-state index is 13.2. The molecule has 36 heavy (non-hydrogen) atoms. The Morgan fingerprint density at radius 1 is 0.889 bits per heavy atom. The van der Waals surface area contributed by atoms with Crippen molar-refractivity contribution in [3.8, 4) is 11.3 Å². The van der Waals surface area contributed by atoms with Gasteiger partial charge in [-0.05, 0) is 46.5 Å². The minimum atomic E-state index is -0.756. The van der Waals surface area contributed by atoms with Crippen molar-refractivity contribution in [1.82, 2.24) is 14.5 Å². The predicted octanol–water partition coefficient (Wildman–Crippen LogP) is 5.14. The Hall–Kier alpha value is -4.29. The van der Waals surface area contributed by atoms with Crippen molar-refractivity contribution in [2.45, 2.75) is 25.1 Å². The number of rotatable bonds is 5. The maximum atomic E-state index is 13.2. The lowest BCUT2D eigenvalue weighted by Gasteiger charge is -2.39. The number of anilines is 1. The molecule has 6 rings (SSSR count). The van der Waals surface area contributed by atoms with Gasteiger partial charge in [0.05, 0.1) is 24.4 Å². The third-order valence-electron chi connectivity index (χ3n) is 6.94. The molecule has 5 aromatic rings. The molecule has 0 saturated heterocycles. The molecule has 0 bridgehead atoms. The van der Waals surface area contributed by atoms with E-state index < -0.39 is 6.10 Å². The number of fused-ring (bicyclic) bond motifs is 2. The summed E-state index contributed by atoms with van der Waals surface area (Å²) in [7, 11) is 0. The normalized spacial score (nSPS) is 16.0. The highest BCUT2D eigenvalue weighted by atomic mass is 16.3. The number of hydrogen-bond acceptors (Lipinski definition) is 5. The predicted molar refractivity (Wildman–Crippen MR) is 142 cm³/mol. The number of β-amino-alcohol motifs (C(OH)–C–C–N with tert-alkyl or cyclic N) is 1. The van der Waals surface area contributed by atoms with Crippen molar-refractivity contribution in [3.63, 3.8) is 0 Å². The number of nitrogens with zero attached hydrogens (tertiary/aromatic N) is 4. The van der Waals surface area contributed by atoms with Crippen molar-refractivity contribution in [2.24, 2.45) is 0 Å². The molecule has 1 aliphatic rings. The SMILES string of the molecule is O=c1cc(-c2ccncc2)nc2n1CCC(c1ccccc1)N2CC(O)c1ccc2ccccc2c1. The summed E-state index contributed by atoms with van der Waals surface area (Å²) in [4.78, 5) is 24.3. The zero-order valence-electron chi connectivity index (χ0n) is 19.7. The first-order valence-electron chi connectivity index (χ1n) is 12.2. The third-order valence-corrected chi connectivity index (χ3v) is 6.94. The molecule has 0 amide bonds. The second-order valence-electron chi connectivity index (χ2n) is 9.16. The quantitative estimate of drug-likeness (QED) is 0.382.